The number of anilines is 1. The van der Waals surface area contributed by atoms with Crippen LogP contribution in [0.1, 0.15) is 30.1 Å². The summed E-state index contributed by atoms with van der Waals surface area (Å²) in [7, 11) is 1.29. The molecule has 0 atom stereocenters. The quantitative estimate of drug-likeness (QED) is 0.408. The van der Waals surface area contributed by atoms with Crippen LogP contribution in [0.3, 0.4) is 0 Å². The fraction of sp³-hybridized carbons (Fsp3) is 0.261. The predicted molar refractivity (Wildman–Crippen MR) is 121 cm³/mol. The first kappa shape index (κ1) is 22.4. The fourth-order valence-electron chi connectivity index (χ4n) is 3.59. The highest BCUT2D eigenvalue weighted by molar-refractivity contribution is 7.16. The summed E-state index contributed by atoms with van der Waals surface area (Å²) in [5.41, 5.74) is 1.19. The van der Waals surface area contributed by atoms with Gasteiger partial charge in [-0.25, -0.2) is 0 Å². The summed E-state index contributed by atoms with van der Waals surface area (Å²) in [4.78, 5) is 54.9. The highest BCUT2D eigenvalue weighted by Gasteiger charge is 2.30. The zero-order valence-corrected chi connectivity index (χ0v) is 18.9. The lowest BCUT2D eigenvalue weighted by atomic mass is 10.2. The number of nitrogens with zero attached hydrogens (tertiary/aromatic N) is 3. The number of para-hydroxylation sites is 1. The van der Waals surface area contributed by atoms with Crippen LogP contribution in [0.25, 0.3) is 10.2 Å². The molecule has 10 heteroatoms. The van der Waals surface area contributed by atoms with Gasteiger partial charge in [0.05, 0.1) is 24.1 Å². The van der Waals surface area contributed by atoms with Gasteiger partial charge in [0.2, 0.25) is 11.8 Å². The third kappa shape index (κ3) is 4.42. The molecule has 0 saturated carbocycles. The van der Waals surface area contributed by atoms with Gasteiger partial charge < -0.3 is 14.0 Å². The summed E-state index contributed by atoms with van der Waals surface area (Å²) >= 11 is 1.24. The summed E-state index contributed by atoms with van der Waals surface area (Å²) in [6.07, 6.45) is 0.303. The van der Waals surface area contributed by atoms with Crippen LogP contribution >= 0.6 is 11.3 Å². The predicted octanol–water partition coefficient (Wildman–Crippen LogP) is 2.67. The van der Waals surface area contributed by atoms with Crippen LogP contribution in [0.5, 0.6) is 5.75 Å². The molecule has 170 valence electrons. The largest absolute Gasteiger partial charge is 0.492 e. The first-order valence-electron chi connectivity index (χ1n) is 10.3. The summed E-state index contributed by atoms with van der Waals surface area (Å²) in [6.45, 7) is 2.14. The minimum absolute atomic E-state index is 0.149. The zero-order chi connectivity index (χ0) is 23.5. The Hall–Kier alpha value is -3.79. The molecule has 0 N–H and O–H groups in total. The van der Waals surface area contributed by atoms with Gasteiger partial charge in [0.25, 0.3) is 5.91 Å². The molecule has 1 fully saturated rings. The number of rotatable bonds is 6. The molecule has 1 aromatic heterocycles. The van der Waals surface area contributed by atoms with Gasteiger partial charge in [0.15, 0.2) is 4.80 Å². The molecule has 1 saturated heterocycles. The highest BCUT2D eigenvalue weighted by Crippen LogP contribution is 2.28. The van der Waals surface area contributed by atoms with E-state index in [1.807, 2.05) is 19.1 Å². The van der Waals surface area contributed by atoms with E-state index in [1.165, 1.54) is 24.5 Å². The van der Waals surface area contributed by atoms with E-state index >= 15 is 0 Å². The maximum Gasteiger partial charge on any atom is 0.325 e. The first-order valence-corrected chi connectivity index (χ1v) is 11.1. The van der Waals surface area contributed by atoms with E-state index in [2.05, 4.69) is 4.99 Å². The molecular weight excluding hydrogens is 446 g/mol. The van der Waals surface area contributed by atoms with Crippen molar-refractivity contribution in [2.45, 2.75) is 26.3 Å². The smallest absolute Gasteiger partial charge is 0.325 e. The van der Waals surface area contributed by atoms with Crippen molar-refractivity contribution in [3.05, 3.63) is 52.8 Å². The number of carbonyl (C=O) groups is 4. The molecule has 2 heterocycles. The normalized spacial score (nSPS) is 14.2. The Bertz CT molecular complexity index is 1320. The van der Waals surface area contributed by atoms with E-state index in [0.717, 1.165) is 9.60 Å². The van der Waals surface area contributed by atoms with Crippen LogP contribution in [0.15, 0.2) is 47.5 Å². The summed E-state index contributed by atoms with van der Waals surface area (Å²) in [5, 5.41) is 0. The number of aromatic nitrogens is 1. The van der Waals surface area contributed by atoms with Crippen molar-refractivity contribution in [3.8, 4) is 5.75 Å². The Morgan fingerprint density at radius 1 is 1.09 bits per heavy atom. The van der Waals surface area contributed by atoms with Crippen LogP contribution in [0, 0.1) is 0 Å². The molecule has 0 unspecified atom stereocenters. The lowest BCUT2D eigenvalue weighted by molar-refractivity contribution is -0.141. The Morgan fingerprint density at radius 3 is 2.52 bits per heavy atom. The summed E-state index contributed by atoms with van der Waals surface area (Å²) in [5.74, 6) is -1.10. The van der Waals surface area contributed by atoms with Crippen LogP contribution in [0.2, 0.25) is 0 Å². The number of methoxy groups -OCH3 is 1. The van der Waals surface area contributed by atoms with Crippen LogP contribution in [-0.2, 0) is 25.7 Å². The minimum Gasteiger partial charge on any atom is -0.492 e. The Kier molecular flexibility index (Phi) is 6.36. The van der Waals surface area contributed by atoms with E-state index in [-0.39, 0.29) is 36.8 Å². The average molecular weight is 468 g/mol. The number of hydrogen-bond donors (Lipinski definition) is 0. The van der Waals surface area contributed by atoms with Crippen molar-refractivity contribution in [3.63, 3.8) is 0 Å². The number of thiazole rings is 1. The third-order valence-corrected chi connectivity index (χ3v) is 6.12. The number of carbonyl (C=O) groups excluding carboxylic acids is 4. The van der Waals surface area contributed by atoms with E-state index in [1.54, 1.807) is 28.8 Å². The standard InChI is InChI=1S/C23H21N3O6S/c1-3-32-16-8-5-9-17-21(16)25(13-20(29)31-2)23(33-17)24-22(30)14-6-4-7-15(12-14)26-18(27)10-11-19(26)28/h4-9,12H,3,10-11,13H2,1-2H3. The average Bonchev–Trinajstić information content (AvgIpc) is 3.33. The number of esters is 1. The molecule has 1 aliphatic rings. The topological polar surface area (TPSA) is 107 Å². The van der Waals surface area contributed by atoms with Gasteiger partial charge in [-0.3, -0.25) is 24.1 Å². The van der Waals surface area contributed by atoms with Gasteiger partial charge >= 0.3 is 5.97 Å². The molecule has 0 aliphatic carbocycles. The molecule has 3 amide bonds. The van der Waals surface area contributed by atoms with Gasteiger partial charge in [-0.05, 0) is 37.3 Å². The second kappa shape index (κ2) is 9.37. The number of ether oxygens (including phenoxy) is 2. The molecular formula is C23H21N3O6S. The first-order chi connectivity index (χ1) is 15.9. The fourth-order valence-corrected chi connectivity index (χ4v) is 4.63. The minimum atomic E-state index is -0.570. The van der Waals surface area contributed by atoms with Gasteiger partial charge in [-0.15, -0.1) is 0 Å². The molecule has 33 heavy (non-hydrogen) atoms. The van der Waals surface area contributed by atoms with Crippen molar-refractivity contribution < 1.29 is 28.7 Å². The third-order valence-electron chi connectivity index (χ3n) is 5.08. The SMILES string of the molecule is CCOc1cccc2sc(=NC(=O)c3cccc(N4C(=O)CCC4=O)c3)n(CC(=O)OC)c12. The summed E-state index contributed by atoms with van der Waals surface area (Å²) < 4.78 is 12.9. The van der Waals surface area contributed by atoms with Crippen molar-refractivity contribution in [2.24, 2.45) is 4.99 Å². The maximum atomic E-state index is 13.0. The molecule has 3 aromatic rings. The van der Waals surface area contributed by atoms with E-state index < -0.39 is 11.9 Å². The molecule has 2 aromatic carbocycles. The van der Waals surface area contributed by atoms with Gasteiger partial charge in [0, 0.05) is 18.4 Å². The lowest BCUT2D eigenvalue weighted by Gasteiger charge is -2.14. The lowest BCUT2D eigenvalue weighted by Crippen LogP contribution is -2.28. The van der Waals surface area contributed by atoms with Crippen molar-refractivity contribution in [1.29, 1.82) is 0 Å². The molecule has 0 spiro atoms. The molecule has 9 nitrogen and oxygen atoms in total. The second-order valence-corrected chi connectivity index (χ2v) is 8.18. The van der Waals surface area contributed by atoms with E-state index in [0.29, 0.717) is 28.4 Å². The van der Waals surface area contributed by atoms with Crippen molar-refractivity contribution in [1.82, 2.24) is 4.57 Å². The van der Waals surface area contributed by atoms with Gasteiger partial charge in [0.1, 0.15) is 17.8 Å². The van der Waals surface area contributed by atoms with Crippen LogP contribution < -0.4 is 14.4 Å². The Morgan fingerprint density at radius 2 is 1.82 bits per heavy atom. The summed E-state index contributed by atoms with van der Waals surface area (Å²) in [6, 6.07) is 11.7. The van der Waals surface area contributed by atoms with E-state index in [9.17, 15) is 19.2 Å². The van der Waals surface area contributed by atoms with Crippen molar-refractivity contribution >= 4 is 50.9 Å². The number of fused-ring (bicyclic) bond motifs is 1. The number of imide groups is 1. The zero-order valence-electron chi connectivity index (χ0n) is 18.1. The van der Waals surface area contributed by atoms with E-state index in [4.69, 9.17) is 9.47 Å². The van der Waals surface area contributed by atoms with Crippen LogP contribution in [-0.4, -0.2) is 42.0 Å². The monoisotopic (exact) mass is 467 g/mol. The Labute approximate surface area is 192 Å². The molecule has 0 bridgehead atoms. The molecule has 1 aliphatic heterocycles. The number of benzene rings is 2. The van der Waals surface area contributed by atoms with Gasteiger partial charge in [-0.1, -0.05) is 23.5 Å². The van der Waals surface area contributed by atoms with Crippen molar-refractivity contribution in [2.75, 3.05) is 18.6 Å². The number of hydrogen-bond acceptors (Lipinski definition) is 7. The van der Waals surface area contributed by atoms with Gasteiger partial charge in [-0.2, -0.15) is 4.99 Å². The molecule has 0 radical (unpaired) electrons. The van der Waals surface area contributed by atoms with Crippen LogP contribution in [0.4, 0.5) is 5.69 Å². The Balaban J connectivity index is 1.79. The maximum absolute atomic E-state index is 13.0. The highest BCUT2D eigenvalue weighted by atomic mass is 32.1. The number of amides is 3. The molecule has 4 rings (SSSR count). The second-order valence-electron chi connectivity index (χ2n) is 7.17.